The minimum Gasteiger partial charge on any atom is -0.492 e. The summed E-state index contributed by atoms with van der Waals surface area (Å²) in [7, 11) is 0. The molecule has 0 aromatic heterocycles. The van der Waals surface area contributed by atoms with E-state index < -0.39 is 0 Å². The SMILES string of the molecule is NCCOc1cccc(NC(=O)c2ccc(Br)cc2Cl)c1. The molecule has 0 aliphatic heterocycles. The van der Waals surface area contributed by atoms with Crippen molar-refractivity contribution in [2.45, 2.75) is 0 Å². The fourth-order valence-corrected chi connectivity index (χ4v) is 2.47. The van der Waals surface area contributed by atoms with Gasteiger partial charge < -0.3 is 15.8 Å². The number of anilines is 1. The second-order valence-electron chi connectivity index (χ2n) is 4.24. The van der Waals surface area contributed by atoms with Gasteiger partial charge in [0.2, 0.25) is 0 Å². The molecule has 110 valence electrons. The molecule has 0 heterocycles. The highest BCUT2D eigenvalue weighted by Crippen LogP contribution is 2.23. The summed E-state index contributed by atoms with van der Waals surface area (Å²) in [5.74, 6) is 0.378. The molecule has 0 saturated heterocycles. The van der Waals surface area contributed by atoms with Crippen LogP contribution in [0, 0.1) is 0 Å². The smallest absolute Gasteiger partial charge is 0.257 e. The van der Waals surface area contributed by atoms with Gasteiger partial charge in [0.15, 0.2) is 0 Å². The number of hydrogen-bond acceptors (Lipinski definition) is 3. The summed E-state index contributed by atoms with van der Waals surface area (Å²) in [6.45, 7) is 0.862. The highest BCUT2D eigenvalue weighted by molar-refractivity contribution is 9.10. The summed E-state index contributed by atoms with van der Waals surface area (Å²) in [5.41, 5.74) is 6.43. The van der Waals surface area contributed by atoms with Crippen LogP contribution in [0.15, 0.2) is 46.9 Å². The van der Waals surface area contributed by atoms with E-state index in [9.17, 15) is 4.79 Å². The first-order valence-electron chi connectivity index (χ1n) is 6.29. The van der Waals surface area contributed by atoms with Crippen molar-refractivity contribution in [1.82, 2.24) is 0 Å². The summed E-state index contributed by atoms with van der Waals surface area (Å²) in [6.07, 6.45) is 0. The normalized spacial score (nSPS) is 10.2. The van der Waals surface area contributed by atoms with Crippen LogP contribution in [0.5, 0.6) is 5.75 Å². The Hall–Kier alpha value is -1.56. The van der Waals surface area contributed by atoms with Crippen molar-refractivity contribution in [3.8, 4) is 5.75 Å². The van der Waals surface area contributed by atoms with Gasteiger partial charge in [-0.25, -0.2) is 0 Å². The lowest BCUT2D eigenvalue weighted by Gasteiger charge is -2.09. The van der Waals surface area contributed by atoms with Gasteiger partial charge >= 0.3 is 0 Å². The monoisotopic (exact) mass is 368 g/mol. The number of nitrogens with two attached hydrogens (primary N) is 1. The van der Waals surface area contributed by atoms with E-state index in [0.717, 1.165) is 4.47 Å². The van der Waals surface area contributed by atoms with Gasteiger partial charge in [-0.05, 0) is 30.3 Å². The highest BCUT2D eigenvalue weighted by Gasteiger charge is 2.11. The van der Waals surface area contributed by atoms with Crippen LogP contribution in [-0.2, 0) is 0 Å². The molecule has 4 nitrogen and oxygen atoms in total. The molecule has 0 aliphatic carbocycles. The van der Waals surface area contributed by atoms with E-state index in [1.807, 2.05) is 0 Å². The second-order valence-corrected chi connectivity index (χ2v) is 5.57. The quantitative estimate of drug-likeness (QED) is 0.845. The molecule has 0 saturated carbocycles. The Morgan fingerprint density at radius 2 is 2.10 bits per heavy atom. The van der Waals surface area contributed by atoms with Crippen molar-refractivity contribution < 1.29 is 9.53 Å². The lowest BCUT2D eigenvalue weighted by Crippen LogP contribution is -2.13. The Morgan fingerprint density at radius 3 is 2.81 bits per heavy atom. The second kappa shape index (κ2) is 7.45. The zero-order valence-corrected chi connectivity index (χ0v) is 13.4. The molecule has 0 spiro atoms. The zero-order chi connectivity index (χ0) is 15.2. The van der Waals surface area contributed by atoms with Crippen LogP contribution in [0.4, 0.5) is 5.69 Å². The third-order valence-electron chi connectivity index (χ3n) is 2.65. The Morgan fingerprint density at radius 1 is 1.29 bits per heavy atom. The van der Waals surface area contributed by atoms with Crippen LogP contribution in [0.3, 0.4) is 0 Å². The van der Waals surface area contributed by atoms with Gasteiger partial charge in [-0.15, -0.1) is 0 Å². The molecule has 0 bridgehead atoms. The molecule has 2 aromatic carbocycles. The molecule has 2 rings (SSSR count). The zero-order valence-electron chi connectivity index (χ0n) is 11.1. The number of rotatable bonds is 5. The average molecular weight is 370 g/mol. The molecular formula is C15H14BrClN2O2. The topological polar surface area (TPSA) is 64.3 Å². The summed E-state index contributed by atoms with van der Waals surface area (Å²) in [5, 5.41) is 3.17. The molecule has 0 fully saturated rings. The van der Waals surface area contributed by atoms with Crippen LogP contribution in [0.1, 0.15) is 10.4 Å². The Bertz CT molecular complexity index is 649. The minimum atomic E-state index is -0.275. The number of amides is 1. The van der Waals surface area contributed by atoms with E-state index in [-0.39, 0.29) is 5.91 Å². The first-order valence-corrected chi connectivity index (χ1v) is 7.46. The van der Waals surface area contributed by atoms with Crippen LogP contribution in [0.2, 0.25) is 5.02 Å². The predicted molar refractivity (Wildman–Crippen MR) is 88.1 cm³/mol. The first kappa shape index (κ1) is 15.8. The van der Waals surface area contributed by atoms with Gasteiger partial charge in [-0.3, -0.25) is 4.79 Å². The Kier molecular flexibility index (Phi) is 5.61. The number of carbonyl (C=O) groups is 1. The molecule has 0 radical (unpaired) electrons. The van der Waals surface area contributed by atoms with Crippen LogP contribution < -0.4 is 15.8 Å². The summed E-state index contributed by atoms with van der Waals surface area (Å²) in [6, 6.07) is 12.2. The maximum Gasteiger partial charge on any atom is 0.257 e. The van der Waals surface area contributed by atoms with E-state index in [0.29, 0.717) is 35.2 Å². The van der Waals surface area contributed by atoms with Crippen molar-refractivity contribution in [3.63, 3.8) is 0 Å². The third-order valence-corrected chi connectivity index (χ3v) is 3.46. The number of ether oxygens (including phenoxy) is 1. The van der Waals surface area contributed by atoms with E-state index in [4.69, 9.17) is 22.1 Å². The Labute approximate surface area is 136 Å². The van der Waals surface area contributed by atoms with Gasteiger partial charge in [0.05, 0.1) is 10.6 Å². The number of benzene rings is 2. The van der Waals surface area contributed by atoms with Gasteiger partial charge in [0.1, 0.15) is 12.4 Å². The fraction of sp³-hybridized carbons (Fsp3) is 0.133. The maximum absolute atomic E-state index is 12.2. The first-order chi connectivity index (χ1) is 10.1. The number of carbonyl (C=O) groups excluding carboxylic acids is 1. The molecule has 0 unspecified atom stereocenters. The molecule has 2 aromatic rings. The third kappa shape index (κ3) is 4.46. The molecule has 0 aliphatic rings. The van der Waals surface area contributed by atoms with Crippen molar-refractivity contribution in [3.05, 3.63) is 57.5 Å². The van der Waals surface area contributed by atoms with Crippen molar-refractivity contribution >= 4 is 39.1 Å². The summed E-state index contributed by atoms with van der Waals surface area (Å²) < 4.78 is 6.23. The average Bonchev–Trinajstić information content (AvgIpc) is 2.45. The number of nitrogens with one attached hydrogen (secondary N) is 1. The highest BCUT2D eigenvalue weighted by atomic mass is 79.9. The van der Waals surface area contributed by atoms with Crippen LogP contribution in [-0.4, -0.2) is 19.1 Å². The van der Waals surface area contributed by atoms with Gasteiger partial charge in [-0.1, -0.05) is 33.6 Å². The van der Waals surface area contributed by atoms with Gasteiger partial charge in [0, 0.05) is 22.8 Å². The number of halogens is 2. The van der Waals surface area contributed by atoms with E-state index in [1.54, 1.807) is 42.5 Å². The largest absolute Gasteiger partial charge is 0.492 e. The van der Waals surface area contributed by atoms with Gasteiger partial charge in [-0.2, -0.15) is 0 Å². The fourth-order valence-electron chi connectivity index (χ4n) is 1.71. The molecule has 3 N–H and O–H groups in total. The van der Waals surface area contributed by atoms with Gasteiger partial charge in [0.25, 0.3) is 5.91 Å². The molecule has 0 atom stereocenters. The molecule has 1 amide bonds. The Balaban J connectivity index is 2.12. The van der Waals surface area contributed by atoms with E-state index in [1.165, 1.54) is 0 Å². The van der Waals surface area contributed by atoms with Crippen molar-refractivity contribution in [1.29, 1.82) is 0 Å². The van der Waals surface area contributed by atoms with Crippen molar-refractivity contribution in [2.75, 3.05) is 18.5 Å². The lowest BCUT2D eigenvalue weighted by atomic mass is 10.2. The minimum absolute atomic E-state index is 0.275. The molecule has 21 heavy (non-hydrogen) atoms. The van der Waals surface area contributed by atoms with E-state index in [2.05, 4.69) is 21.2 Å². The maximum atomic E-state index is 12.2. The van der Waals surface area contributed by atoms with E-state index >= 15 is 0 Å². The number of hydrogen-bond donors (Lipinski definition) is 2. The van der Waals surface area contributed by atoms with Crippen molar-refractivity contribution in [2.24, 2.45) is 5.73 Å². The lowest BCUT2D eigenvalue weighted by molar-refractivity contribution is 0.102. The summed E-state index contributed by atoms with van der Waals surface area (Å²) >= 11 is 9.36. The standard InChI is InChI=1S/C15H14BrClN2O2/c16-10-4-5-13(14(17)8-10)15(20)19-11-2-1-3-12(9-11)21-7-6-18/h1-5,8-9H,6-7,18H2,(H,19,20). The summed E-state index contributed by atoms with van der Waals surface area (Å²) in [4.78, 5) is 12.2. The predicted octanol–water partition coefficient (Wildman–Crippen LogP) is 3.69. The van der Waals surface area contributed by atoms with Crippen LogP contribution in [0.25, 0.3) is 0 Å². The molecular weight excluding hydrogens is 356 g/mol. The molecule has 6 heteroatoms. The van der Waals surface area contributed by atoms with Crippen LogP contribution >= 0.6 is 27.5 Å².